The van der Waals surface area contributed by atoms with E-state index in [1.165, 1.54) is 12.1 Å². The van der Waals surface area contributed by atoms with Crippen molar-refractivity contribution in [3.05, 3.63) is 78.1 Å². The fourth-order valence-corrected chi connectivity index (χ4v) is 2.89. The summed E-state index contributed by atoms with van der Waals surface area (Å²) < 4.78 is 18.6. The maximum Gasteiger partial charge on any atom is 0.411 e. The Bertz CT molecular complexity index is 1100. The van der Waals surface area contributed by atoms with Crippen LogP contribution in [-0.2, 0) is 4.74 Å². The summed E-state index contributed by atoms with van der Waals surface area (Å²) >= 11 is 0. The molecule has 4 N–H and O–H groups in total. The molecule has 3 aromatic carbocycles. The van der Waals surface area contributed by atoms with Crippen LogP contribution in [0.5, 0.6) is 0 Å². The number of carbonyl (C=O) groups is 2. The number of anilines is 3. The second kappa shape index (κ2) is 10.4. The van der Waals surface area contributed by atoms with Crippen molar-refractivity contribution in [2.75, 3.05) is 43.6 Å². The summed E-state index contributed by atoms with van der Waals surface area (Å²) in [5.74, 6) is -0.714. The molecule has 0 saturated carbocycles. The first-order chi connectivity index (χ1) is 15.3. The lowest BCUT2D eigenvalue weighted by atomic mass is 10.0. The van der Waals surface area contributed by atoms with Gasteiger partial charge in [0.25, 0.3) is 5.91 Å². The van der Waals surface area contributed by atoms with Crippen LogP contribution in [-0.4, -0.2) is 44.1 Å². The molecule has 0 fully saturated rings. The molecule has 0 atom stereocenters. The fraction of sp³-hybridized carbons (Fsp3) is 0.167. The summed E-state index contributed by atoms with van der Waals surface area (Å²) in [7, 11) is 3.77. The topological polar surface area (TPSA) is 96.7 Å². The van der Waals surface area contributed by atoms with Gasteiger partial charge in [-0.25, -0.2) is 9.18 Å². The number of rotatable bonds is 7. The lowest BCUT2D eigenvalue weighted by Crippen LogP contribution is -2.22. The second-order valence-corrected chi connectivity index (χ2v) is 7.41. The number of hydrogen-bond acceptors (Lipinski definition) is 5. The Hall–Kier alpha value is -3.91. The van der Waals surface area contributed by atoms with Crippen molar-refractivity contribution in [2.24, 2.45) is 0 Å². The van der Waals surface area contributed by atoms with Gasteiger partial charge >= 0.3 is 6.09 Å². The van der Waals surface area contributed by atoms with Gasteiger partial charge < -0.3 is 20.7 Å². The van der Waals surface area contributed by atoms with E-state index in [0.717, 1.165) is 5.56 Å². The molecular formula is C24H25FN4O3. The molecule has 0 heterocycles. The summed E-state index contributed by atoms with van der Waals surface area (Å²) in [6, 6.07) is 17.7. The highest BCUT2D eigenvalue weighted by molar-refractivity contribution is 6.06. The Morgan fingerprint density at radius 1 is 0.969 bits per heavy atom. The summed E-state index contributed by atoms with van der Waals surface area (Å²) in [5.41, 5.74) is 9.10. The van der Waals surface area contributed by atoms with Crippen molar-refractivity contribution in [2.45, 2.75) is 0 Å². The van der Waals surface area contributed by atoms with Crippen LogP contribution in [0, 0.1) is 5.82 Å². The Morgan fingerprint density at radius 3 is 2.38 bits per heavy atom. The molecule has 0 aliphatic heterocycles. The molecule has 0 aliphatic carbocycles. The molecule has 8 heteroatoms. The van der Waals surface area contributed by atoms with Crippen molar-refractivity contribution in [3.8, 4) is 11.1 Å². The maximum absolute atomic E-state index is 13.5. The summed E-state index contributed by atoms with van der Waals surface area (Å²) in [6.45, 7) is 0.894. The van der Waals surface area contributed by atoms with E-state index in [1.54, 1.807) is 54.6 Å². The van der Waals surface area contributed by atoms with Crippen molar-refractivity contribution in [3.63, 3.8) is 0 Å². The zero-order valence-corrected chi connectivity index (χ0v) is 17.9. The highest BCUT2D eigenvalue weighted by Crippen LogP contribution is 2.28. The number of likely N-dealkylation sites (N-methyl/N-ethyl adjacent to an activating group) is 1. The predicted molar refractivity (Wildman–Crippen MR) is 124 cm³/mol. The molecule has 0 radical (unpaired) electrons. The smallest absolute Gasteiger partial charge is 0.411 e. The molecule has 3 aromatic rings. The first-order valence-electron chi connectivity index (χ1n) is 9.97. The van der Waals surface area contributed by atoms with E-state index >= 15 is 0 Å². The molecule has 0 saturated heterocycles. The lowest BCUT2D eigenvalue weighted by Gasteiger charge is -2.12. The van der Waals surface area contributed by atoms with Gasteiger partial charge in [0.15, 0.2) is 0 Å². The number of nitrogens with two attached hydrogens (primary N) is 1. The van der Waals surface area contributed by atoms with Crippen LogP contribution in [0.4, 0.5) is 26.2 Å². The van der Waals surface area contributed by atoms with Crippen LogP contribution in [0.15, 0.2) is 66.7 Å². The number of nitrogens with one attached hydrogen (secondary N) is 2. The summed E-state index contributed by atoms with van der Waals surface area (Å²) in [5, 5.41) is 5.38. The average Bonchev–Trinajstić information content (AvgIpc) is 2.75. The summed E-state index contributed by atoms with van der Waals surface area (Å²) in [4.78, 5) is 26.4. The lowest BCUT2D eigenvalue weighted by molar-refractivity contribution is 0.102. The first kappa shape index (κ1) is 22.8. The van der Waals surface area contributed by atoms with E-state index in [1.807, 2.05) is 19.0 Å². The number of hydrogen-bond donors (Lipinski definition) is 3. The number of ether oxygens (including phenoxy) is 1. The Balaban J connectivity index is 1.64. The van der Waals surface area contributed by atoms with Crippen LogP contribution in [0.2, 0.25) is 0 Å². The first-order valence-corrected chi connectivity index (χ1v) is 9.97. The van der Waals surface area contributed by atoms with Crippen LogP contribution in [0.3, 0.4) is 0 Å². The van der Waals surface area contributed by atoms with Gasteiger partial charge in [-0.15, -0.1) is 0 Å². The van der Waals surface area contributed by atoms with Gasteiger partial charge in [-0.2, -0.15) is 0 Å². The van der Waals surface area contributed by atoms with E-state index in [9.17, 15) is 14.0 Å². The summed E-state index contributed by atoms with van der Waals surface area (Å²) in [6.07, 6.45) is -0.564. The van der Waals surface area contributed by atoms with Crippen molar-refractivity contribution in [1.82, 2.24) is 4.90 Å². The molecule has 0 aliphatic rings. The Labute approximate surface area is 186 Å². The third-order valence-electron chi connectivity index (χ3n) is 4.62. The molecular weight excluding hydrogens is 411 g/mol. The minimum Gasteiger partial charge on any atom is -0.448 e. The van der Waals surface area contributed by atoms with Gasteiger partial charge in [0.1, 0.15) is 12.4 Å². The maximum atomic E-state index is 13.5. The molecule has 0 aromatic heterocycles. The van der Waals surface area contributed by atoms with Crippen LogP contribution in [0.25, 0.3) is 11.1 Å². The van der Waals surface area contributed by atoms with E-state index in [4.69, 9.17) is 10.5 Å². The van der Waals surface area contributed by atoms with Gasteiger partial charge in [-0.3, -0.25) is 10.1 Å². The minimum absolute atomic E-state index is 0.273. The number of amides is 2. The van der Waals surface area contributed by atoms with Crippen molar-refractivity contribution < 1.29 is 18.7 Å². The van der Waals surface area contributed by atoms with E-state index in [0.29, 0.717) is 34.7 Å². The molecule has 3 rings (SSSR count). The second-order valence-electron chi connectivity index (χ2n) is 7.41. The number of nitrogens with zero attached hydrogens (tertiary/aromatic N) is 1. The number of benzene rings is 3. The normalized spacial score (nSPS) is 10.6. The number of carbonyl (C=O) groups excluding carboxylic acids is 2. The third-order valence-corrected chi connectivity index (χ3v) is 4.62. The van der Waals surface area contributed by atoms with E-state index < -0.39 is 6.09 Å². The quantitative estimate of drug-likeness (QED) is 0.476. The molecule has 2 amide bonds. The van der Waals surface area contributed by atoms with Gasteiger partial charge in [0.05, 0.1) is 11.4 Å². The number of nitrogen functional groups attached to an aromatic ring is 1. The van der Waals surface area contributed by atoms with E-state index in [-0.39, 0.29) is 18.3 Å². The highest BCUT2D eigenvalue weighted by Gasteiger charge is 2.11. The molecule has 32 heavy (non-hydrogen) atoms. The standard InChI is InChI=1S/C24H25FN4O3/c1-29(2)12-13-32-24(31)27-20-9-6-16(7-10-20)23(30)28-22-15-18(8-11-21(22)26)17-4-3-5-19(25)14-17/h3-11,14-15H,12-13,26H2,1-2H3,(H,27,31)(H,28,30). The highest BCUT2D eigenvalue weighted by atomic mass is 19.1. The minimum atomic E-state index is -0.564. The van der Waals surface area contributed by atoms with Gasteiger partial charge in [-0.05, 0) is 73.8 Å². The van der Waals surface area contributed by atoms with Crippen LogP contribution in [0.1, 0.15) is 10.4 Å². The predicted octanol–water partition coefficient (Wildman–Crippen LogP) is 4.44. The van der Waals surface area contributed by atoms with E-state index in [2.05, 4.69) is 10.6 Å². The average molecular weight is 436 g/mol. The van der Waals surface area contributed by atoms with Crippen LogP contribution < -0.4 is 16.4 Å². The number of halogens is 1. The fourth-order valence-electron chi connectivity index (χ4n) is 2.89. The Morgan fingerprint density at radius 2 is 1.69 bits per heavy atom. The molecule has 7 nitrogen and oxygen atoms in total. The van der Waals surface area contributed by atoms with Crippen molar-refractivity contribution >= 4 is 29.1 Å². The van der Waals surface area contributed by atoms with Gasteiger partial charge in [0, 0.05) is 17.8 Å². The molecule has 0 bridgehead atoms. The van der Waals surface area contributed by atoms with Gasteiger partial charge in [0.2, 0.25) is 0 Å². The molecule has 166 valence electrons. The third kappa shape index (κ3) is 6.29. The largest absolute Gasteiger partial charge is 0.448 e. The Kier molecular flexibility index (Phi) is 7.41. The van der Waals surface area contributed by atoms with Crippen LogP contribution >= 0.6 is 0 Å². The zero-order valence-electron chi connectivity index (χ0n) is 17.9. The van der Waals surface area contributed by atoms with Crippen molar-refractivity contribution in [1.29, 1.82) is 0 Å². The zero-order chi connectivity index (χ0) is 23.1. The monoisotopic (exact) mass is 436 g/mol. The SMILES string of the molecule is CN(C)CCOC(=O)Nc1ccc(C(=O)Nc2cc(-c3cccc(F)c3)ccc2N)cc1. The molecule has 0 unspecified atom stereocenters. The molecule has 0 spiro atoms. The van der Waals surface area contributed by atoms with Gasteiger partial charge in [-0.1, -0.05) is 18.2 Å².